The monoisotopic (exact) mass is 398 g/mol. The van der Waals surface area contributed by atoms with E-state index in [-0.39, 0.29) is 5.91 Å². The summed E-state index contributed by atoms with van der Waals surface area (Å²) < 4.78 is 11.5. The molecule has 5 nitrogen and oxygen atoms in total. The Morgan fingerprint density at radius 3 is 2.47 bits per heavy atom. The van der Waals surface area contributed by atoms with Gasteiger partial charge in [-0.3, -0.25) is 4.79 Å². The first-order valence-corrected chi connectivity index (χ1v) is 9.85. The number of hydrogen-bond acceptors (Lipinski definition) is 4. The first-order valence-electron chi connectivity index (χ1n) is 9.85. The van der Waals surface area contributed by atoms with Crippen molar-refractivity contribution >= 4 is 5.91 Å². The summed E-state index contributed by atoms with van der Waals surface area (Å²) in [6, 6.07) is 24.7. The highest BCUT2D eigenvalue weighted by Gasteiger charge is 2.17. The van der Waals surface area contributed by atoms with Gasteiger partial charge in [0.05, 0.1) is 18.4 Å². The lowest BCUT2D eigenvalue weighted by Crippen LogP contribution is -2.23. The second kappa shape index (κ2) is 9.09. The Hall–Kier alpha value is -3.86. The Kier molecular flexibility index (Phi) is 5.90. The number of nitrogens with one attached hydrogen (secondary N) is 1. The largest absolute Gasteiger partial charge is 0.494 e. The molecule has 0 radical (unpaired) electrons. The van der Waals surface area contributed by atoms with Crippen LogP contribution < -0.4 is 10.1 Å². The summed E-state index contributed by atoms with van der Waals surface area (Å²) in [6.45, 7) is 3.02. The highest BCUT2D eigenvalue weighted by molar-refractivity contribution is 6.00. The van der Waals surface area contributed by atoms with Crippen LogP contribution in [0.3, 0.4) is 0 Å². The second-order valence-electron chi connectivity index (χ2n) is 6.70. The van der Waals surface area contributed by atoms with Crippen molar-refractivity contribution < 1.29 is 13.9 Å². The number of nitrogens with zero attached hydrogens (tertiary/aromatic N) is 1. The summed E-state index contributed by atoms with van der Waals surface area (Å²) in [5, 5.41) is 2.96. The van der Waals surface area contributed by atoms with E-state index in [1.807, 2.05) is 79.7 Å². The van der Waals surface area contributed by atoms with Crippen LogP contribution in [0.1, 0.15) is 22.8 Å². The molecule has 1 heterocycles. The van der Waals surface area contributed by atoms with Crippen LogP contribution in [0.25, 0.3) is 22.8 Å². The van der Waals surface area contributed by atoms with E-state index in [9.17, 15) is 4.79 Å². The molecule has 1 N–H and O–H groups in total. The van der Waals surface area contributed by atoms with Crippen LogP contribution in [0, 0.1) is 0 Å². The molecule has 0 bridgehead atoms. The number of ether oxygens (including phenoxy) is 1. The maximum Gasteiger partial charge on any atom is 0.252 e. The van der Waals surface area contributed by atoms with Gasteiger partial charge in [-0.05, 0) is 48.9 Å². The summed E-state index contributed by atoms with van der Waals surface area (Å²) in [4.78, 5) is 17.2. The highest BCUT2D eigenvalue weighted by atomic mass is 16.5. The van der Waals surface area contributed by atoms with E-state index in [0.717, 1.165) is 16.9 Å². The highest BCUT2D eigenvalue weighted by Crippen LogP contribution is 2.29. The van der Waals surface area contributed by atoms with Crippen molar-refractivity contribution in [3.63, 3.8) is 0 Å². The molecule has 4 aromatic rings. The average molecular weight is 398 g/mol. The van der Waals surface area contributed by atoms with Gasteiger partial charge in [-0.1, -0.05) is 42.5 Å². The maximum absolute atomic E-state index is 12.8. The van der Waals surface area contributed by atoms with E-state index in [2.05, 4.69) is 10.3 Å². The first-order chi connectivity index (χ1) is 14.7. The summed E-state index contributed by atoms with van der Waals surface area (Å²) in [6.07, 6.45) is 1.67. The van der Waals surface area contributed by atoms with Crippen molar-refractivity contribution in [1.82, 2.24) is 10.3 Å². The van der Waals surface area contributed by atoms with Crippen LogP contribution >= 0.6 is 0 Å². The van der Waals surface area contributed by atoms with Crippen LogP contribution in [-0.4, -0.2) is 17.5 Å². The number of oxazole rings is 1. The van der Waals surface area contributed by atoms with E-state index < -0.39 is 0 Å². The van der Waals surface area contributed by atoms with Crippen molar-refractivity contribution in [3.8, 4) is 28.5 Å². The number of benzene rings is 3. The third-order valence-corrected chi connectivity index (χ3v) is 4.65. The molecule has 0 aliphatic heterocycles. The minimum atomic E-state index is -0.171. The Labute approximate surface area is 175 Å². The molecular weight excluding hydrogens is 376 g/mol. The molecule has 0 saturated carbocycles. The van der Waals surface area contributed by atoms with Gasteiger partial charge in [0.15, 0.2) is 5.76 Å². The normalized spacial score (nSPS) is 10.6. The average Bonchev–Trinajstić information content (AvgIpc) is 3.29. The van der Waals surface area contributed by atoms with Crippen LogP contribution in [0.2, 0.25) is 0 Å². The molecule has 4 rings (SSSR count). The maximum atomic E-state index is 12.8. The topological polar surface area (TPSA) is 64.4 Å². The molecule has 0 saturated heterocycles. The molecule has 1 amide bonds. The molecule has 30 heavy (non-hydrogen) atoms. The van der Waals surface area contributed by atoms with Crippen LogP contribution in [-0.2, 0) is 6.54 Å². The standard InChI is InChI=1S/C25H22N2O3/c1-2-29-20-14-12-19(13-15-20)23-17-27-25(30-23)22-11-7-6-10-21(22)24(28)26-16-18-8-4-3-5-9-18/h3-15,17H,2,16H2,1H3,(H,26,28). The quantitative estimate of drug-likeness (QED) is 0.457. The fourth-order valence-electron chi connectivity index (χ4n) is 3.16. The molecule has 0 aliphatic rings. The van der Waals surface area contributed by atoms with E-state index in [1.165, 1.54) is 0 Å². The number of aromatic nitrogens is 1. The molecule has 0 fully saturated rings. The van der Waals surface area contributed by atoms with Gasteiger partial charge < -0.3 is 14.5 Å². The molecule has 0 atom stereocenters. The molecule has 3 aromatic carbocycles. The van der Waals surface area contributed by atoms with Gasteiger partial charge in [0.25, 0.3) is 5.91 Å². The van der Waals surface area contributed by atoms with Gasteiger partial charge in [-0.2, -0.15) is 0 Å². The van der Waals surface area contributed by atoms with Gasteiger partial charge in [0.2, 0.25) is 5.89 Å². The predicted molar refractivity (Wildman–Crippen MR) is 116 cm³/mol. The van der Waals surface area contributed by atoms with Crippen LogP contribution in [0.5, 0.6) is 5.75 Å². The van der Waals surface area contributed by atoms with Crippen LogP contribution in [0.15, 0.2) is 89.5 Å². The van der Waals surface area contributed by atoms with Gasteiger partial charge in [0.1, 0.15) is 5.75 Å². The van der Waals surface area contributed by atoms with E-state index in [4.69, 9.17) is 9.15 Å². The summed E-state index contributed by atoms with van der Waals surface area (Å²) >= 11 is 0. The van der Waals surface area contributed by atoms with Crippen LogP contribution in [0.4, 0.5) is 0 Å². The van der Waals surface area contributed by atoms with E-state index in [1.54, 1.807) is 12.3 Å². The van der Waals surface area contributed by atoms with Gasteiger partial charge in [0, 0.05) is 17.7 Å². The van der Waals surface area contributed by atoms with Crippen molar-refractivity contribution in [2.24, 2.45) is 0 Å². The molecule has 5 heteroatoms. The Morgan fingerprint density at radius 1 is 0.967 bits per heavy atom. The lowest BCUT2D eigenvalue weighted by atomic mass is 10.1. The lowest BCUT2D eigenvalue weighted by Gasteiger charge is -2.08. The zero-order valence-corrected chi connectivity index (χ0v) is 16.7. The van der Waals surface area contributed by atoms with E-state index >= 15 is 0 Å². The second-order valence-corrected chi connectivity index (χ2v) is 6.70. The predicted octanol–water partition coefficient (Wildman–Crippen LogP) is 5.34. The van der Waals surface area contributed by atoms with Crippen molar-refractivity contribution in [3.05, 3.63) is 96.2 Å². The molecular formula is C25H22N2O3. The van der Waals surface area contributed by atoms with Gasteiger partial charge in [-0.25, -0.2) is 4.98 Å². The third kappa shape index (κ3) is 4.41. The number of hydrogen-bond donors (Lipinski definition) is 1. The van der Waals surface area contributed by atoms with Gasteiger partial charge >= 0.3 is 0 Å². The van der Waals surface area contributed by atoms with Crippen molar-refractivity contribution in [2.45, 2.75) is 13.5 Å². The Morgan fingerprint density at radius 2 is 1.70 bits per heavy atom. The summed E-state index contributed by atoms with van der Waals surface area (Å²) in [5.41, 5.74) is 3.11. The molecule has 150 valence electrons. The van der Waals surface area contributed by atoms with Crippen molar-refractivity contribution in [1.29, 1.82) is 0 Å². The minimum absolute atomic E-state index is 0.171. The molecule has 0 aliphatic carbocycles. The molecule has 0 unspecified atom stereocenters. The SMILES string of the molecule is CCOc1ccc(-c2cnc(-c3ccccc3C(=O)NCc3ccccc3)o2)cc1. The fourth-order valence-corrected chi connectivity index (χ4v) is 3.16. The Bertz CT molecular complexity index is 1120. The van der Waals surface area contributed by atoms with Gasteiger partial charge in [-0.15, -0.1) is 0 Å². The molecule has 0 spiro atoms. The third-order valence-electron chi connectivity index (χ3n) is 4.65. The lowest BCUT2D eigenvalue weighted by molar-refractivity contribution is 0.0951. The zero-order chi connectivity index (χ0) is 20.8. The number of rotatable bonds is 7. The fraction of sp³-hybridized carbons (Fsp3) is 0.120. The summed E-state index contributed by atoms with van der Waals surface area (Å²) in [7, 11) is 0. The number of carbonyl (C=O) groups is 1. The Balaban J connectivity index is 1.54. The van der Waals surface area contributed by atoms with E-state index in [0.29, 0.717) is 35.9 Å². The van der Waals surface area contributed by atoms with Crippen molar-refractivity contribution in [2.75, 3.05) is 6.61 Å². The smallest absolute Gasteiger partial charge is 0.252 e. The zero-order valence-electron chi connectivity index (χ0n) is 16.7. The minimum Gasteiger partial charge on any atom is -0.494 e. The summed E-state index contributed by atoms with van der Waals surface area (Å²) in [5.74, 6) is 1.67. The molecule has 1 aromatic heterocycles. The number of amides is 1. The number of carbonyl (C=O) groups excluding carboxylic acids is 1. The first kappa shape index (κ1) is 19.5.